The van der Waals surface area contributed by atoms with Crippen LogP contribution in [0.15, 0.2) is 6.20 Å². The number of nitrogens with zero attached hydrogens (tertiary/aromatic N) is 3. The van der Waals surface area contributed by atoms with E-state index in [-0.39, 0.29) is 0 Å². The summed E-state index contributed by atoms with van der Waals surface area (Å²) in [5.74, 6) is 2.39. The molecule has 2 N–H and O–H groups in total. The summed E-state index contributed by atoms with van der Waals surface area (Å²) >= 11 is 0. The second-order valence-electron chi connectivity index (χ2n) is 5.23. The van der Waals surface area contributed by atoms with Gasteiger partial charge in [-0.2, -0.15) is 4.98 Å². The zero-order valence-electron chi connectivity index (χ0n) is 12.2. The van der Waals surface area contributed by atoms with E-state index in [0.717, 1.165) is 23.8 Å². The fourth-order valence-electron chi connectivity index (χ4n) is 2.49. The van der Waals surface area contributed by atoms with Gasteiger partial charge in [-0.3, -0.25) is 0 Å². The maximum Gasteiger partial charge on any atom is 0.224 e. The van der Waals surface area contributed by atoms with Gasteiger partial charge in [-0.25, -0.2) is 4.98 Å². The SMILES string of the molecule is CCN1CCC(CNc2nc(NC)ncc2C)CC1. The highest BCUT2D eigenvalue weighted by Gasteiger charge is 2.18. The molecule has 0 unspecified atom stereocenters. The van der Waals surface area contributed by atoms with Gasteiger partial charge < -0.3 is 15.5 Å². The highest BCUT2D eigenvalue weighted by Crippen LogP contribution is 2.19. The largest absolute Gasteiger partial charge is 0.369 e. The lowest BCUT2D eigenvalue weighted by Crippen LogP contribution is -2.35. The van der Waals surface area contributed by atoms with E-state index in [4.69, 9.17) is 0 Å². The van der Waals surface area contributed by atoms with E-state index in [2.05, 4.69) is 32.4 Å². The Morgan fingerprint density at radius 3 is 2.74 bits per heavy atom. The molecule has 1 aromatic rings. The van der Waals surface area contributed by atoms with Crippen molar-refractivity contribution in [1.29, 1.82) is 0 Å². The molecule has 0 aromatic carbocycles. The third-order valence-corrected chi connectivity index (χ3v) is 3.91. The van der Waals surface area contributed by atoms with Gasteiger partial charge in [0.2, 0.25) is 5.95 Å². The molecule has 0 amide bonds. The first-order valence-electron chi connectivity index (χ1n) is 7.20. The van der Waals surface area contributed by atoms with E-state index in [0.29, 0.717) is 5.95 Å². The van der Waals surface area contributed by atoms with Gasteiger partial charge in [-0.05, 0) is 45.3 Å². The Labute approximate surface area is 115 Å². The van der Waals surface area contributed by atoms with Gasteiger partial charge in [0.25, 0.3) is 0 Å². The van der Waals surface area contributed by atoms with E-state index in [1.807, 2.05) is 20.2 Å². The van der Waals surface area contributed by atoms with Crippen molar-refractivity contribution < 1.29 is 0 Å². The van der Waals surface area contributed by atoms with Gasteiger partial charge in [0.15, 0.2) is 0 Å². The molecular formula is C14H25N5. The van der Waals surface area contributed by atoms with Gasteiger partial charge in [0.1, 0.15) is 5.82 Å². The number of nitrogens with one attached hydrogen (secondary N) is 2. The van der Waals surface area contributed by atoms with Crippen molar-refractivity contribution in [3.05, 3.63) is 11.8 Å². The van der Waals surface area contributed by atoms with Crippen LogP contribution in [0.4, 0.5) is 11.8 Å². The Balaban J connectivity index is 1.85. The number of piperidine rings is 1. The Morgan fingerprint density at radius 2 is 2.11 bits per heavy atom. The molecule has 19 heavy (non-hydrogen) atoms. The Hall–Kier alpha value is -1.36. The number of hydrogen-bond donors (Lipinski definition) is 2. The van der Waals surface area contributed by atoms with Crippen LogP contribution in [-0.4, -0.2) is 48.1 Å². The molecule has 1 aliphatic rings. The van der Waals surface area contributed by atoms with E-state index < -0.39 is 0 Å². The van der Waals surface area contributed by atoms with Crippen molar-refractivity contribution in [2.45, 2.75) is 26.7 Å². The van der Waals surface area contributed by atoms with Crippen molar-refractivity contribution in [1.82, 2.24) is 14.9 Å². The Kier molecular flexibility index (Phi) is 4.96. The maximum absolute atomic E-state index is 4.46. The Morgan fingerprint density at radius 1 is 1.37 bits per heavy atom. The summed E-state index contributed by atoms with van der Waals surface area (Å²) in [6.07, 6.45) is 4.43. The molecule has 2 rings (SSSR count). The first kappa shape index (κ1) is 14.1. The van der Waals surface area contributed by atoms with Gasteiger partial charge in [-0.15, -0.1) is 0 Å². The molecule has 5 heteroatoms. The van der Waals surface area contributed by atoms with Crippen molar-refractivity contribution >= 4 is 11.8 Å². The first-order valence-corrected chi connectivity index (χ1v) is 7.20. The smallest absolute Gasteiger partial charge is 0.224 e. The lowest BCUT2D eigenvalue weighted by molar-refractivity contribution is 0.198. The van der Waals surface area contributed by atoms with Gasteiger partial charge >= 0.3 is 0 Å². The topological polar surface area (TPSA) is 53.1 Å². The minimum atomic E-state index is 0.675. The molecule has 5 nitrogen and oxygen atoms in total. The van der Waals surface area contributed by atoms with E-state index in [1.165, 1.54) is 32.5 Å². The number of anilines is 2. The summed E-state index contributed by atoms with van der Waals surface area (Å²) < 4.78 is 0. The molecule has 106 valence electrons. The summed E-state index contributed by atoms with van der Waals surface area (Å²) in [7, 11) is 1.84. The van der Waals surface area contributed by atoms with Crippen LogP contribution >= 0.6 is 0 Å². The fourth-order valence-corrected chi connectivity index (χ4v) is 2.49. The number of rotatable bonds is 5. The quantitative estimate of drug-likeness (QED) is 0.850. The third kappa shape index (κ3) is 3.80. The predicted molar refractivity (Wildman–Crippen MR) is 79.6 cm³/mol. The highest BCUT2D eigenvalue weighted by molar-refractivity contribution is 5.46. The Bertz CT molecular complexity index is 399. The number of aryl methyl sites for hydroxylation is 1. The second-order valence-corrected chi connectivity index (χ2v) is 5.23. The van der Waals surface area contributed by atoms with E-state index in [9.17, 15) is 0 Å². The summed E-state index contributed by atoms with van der Waals surface area (Å²) in [5.41, 5.74) is 1.10. The molecule has 0 spiro atoms. The summed E-state index contributed by atoms with van der Waals surface area (Å²) in [6.45, 7) is 8.93. The maximum atomic E-state index is 4.46. The summed E-state index contributed by atoms with van der Waals surface area (Å²) in [4.78, 5) is 11.2. The molecule has 0 radical (unpaired) electrons. The van der Waals surface area contributed by atoms with E-state index in [1.54, 1.807) is 0 Å². The van der Waals surface area contributed by atoms with Crippen LogP contribution in [0.5, 0.6) is 0 Å². The van der Waals surface area contributed by atoms with Gasteiger partial charge in [-0.1, -0.05) is 6.92 Å². The van der Waals surface area contributed by atoms with Crippen molar-refractivity contribution in [2.24, 2.45) is 5.92 Å². The zero-order chi connectivity index (χ0) is 13.7. The molecule has 1 saturated heterocycles. The summed E-state index contributed by atoms with van der Waals surface area (Å²) in [6, 6.07) is 0. The molecule has 0 aliphatic carbocycles. The third-order valence-electron chi connectivity index (χ3n) is 3.91. The van der Waals surface area contributed by atoms with Crippen LogP contribution in [0.3, 0.4) is 0 Å². The molecule has 0 atom stereocenters. The number of likely N-dealkylation sites (tertiary alicyclic amines) is 1. The van der Waals surface area contributed by atoms with Crippen molar-refractivity contribution in [3.8, 4) is 0 Å². The predicted octanol–water partition coefficient (Wildman–Crippen LogP) is 1.97. The van der Waals surface area contributed by atoms with Crippen LogP contribution in [0.1, 0.15) is 25.3 Å². The molecule has 2 heterocycles. The second kappa shape index (κ2) is 6.70. The summed E-state index contributed by atoms with van der Waals surface area (Å²) in [5, 5.41) is 6.46. The number of hydrogen-bond acceptors (Lipinski definition) is 5. The lowest BCUT2D eigenvalue weighted by Gasteiger charge is -2.31. The molecule has 1 fully saturated rings. The standard InChI is InChI=1S/C14H25N5/c1-4-19-7-5-12(6-8-19)10-16-13-11(2)9-17-14(15-3)18-13/h9,12H,4-8,10H2,1-3H3,(H2,15,16,17,18). The first-order chi connectivity index (χ1) is 9.22. The average molecular weight is 263 g/mol. The molecule has 0 bridgehead atoms. The van der Waals surface area contributed by atoms with Crippen molar-refractivity contribution in [3.63, 3.8) is 0 Å². The molecule has 0 saturated carbocycles. The van der Waals surface area contributed by atoms with Crippen LogP contribution in [0.2, 0.25) is 0 Å². The van der Waals surface area contributed by atoms with Gasteiger partial charge in [0.05, 0.1) is 0 Å². The van der Waals surface area contributed by atoms with Gasteiger partial charge in [0, 0.05) is 25.4 Å². The highest BCUT2D eigenvalue weighted by atomic mass is 15.1. The average Bonchev–Trinajstić information content (AvgIpc) is 2.47. The zero-order valence-corrected chi connectivity index (χ0v) is 12.2. The van der Waals surface area contributed by atoms with Crippen molar-refractivity contribution in [2.75, 3.05) is 43.9 Å². The molecule has 1 aliphatic heterocycles. The van der Waals surface area contributed by atoms with Crippen LogP contribution in [0, 0.1) is 12.8 Å². The molecule has 1 aromatic heterocycles. The minimum absolute atomic E-state index is 0.675. The lowest BCUT2D eigenvalue weighted by atomic mass is 9.97. The van der Waals surface area contributed by atoms with Crippen LogP contribution < -0.4 is 10.6 Å². The fraction of sp³-hybridized carbons (Fsp3) is 0.714. The van der Waals surface area contributed by atoms with Crippen LogP contribution in [0.25, 0.3) is 0 Å². The molecular weight excluding hydrogens is 238 g/mol. The van der Waals surface area contributed by atoms with E-state index >= 15 is 0 Å². The normalized spacial score (nSPS) is 17.4. The monoisotopic (exact) mass is 263 g/mol. The number of aromatic nitrogens is 2. The minimum Gasteiger partial charge on any atom is -0.369 e. The van der Waals surface area contributed by atoms with Crippen LogP contribution in [-0.2, 0) is 0 Å².